The third kappa shape index (κ3) is 5.35. The number of benzene rings is 2. The minimum absolute atomic E-state index is 0.00481. The number of nitrogens with one attached hydrogen (secondary N) is 2. The van der Waals surface area contributed by atoms with E-state index in [4.69, 9.17) is 16.3 Å². The molecule has 0 bridgehead atoms. The fourth-order valence-electron chi connectivity index (χ4n) is 5.39. The largest absolute Gasteiger partial charge is 0.454 e. The minimum Gasteiger partial charge on any atom is -0.454 e. The van der Waals surface area contributed by atoms with Crippen molar-refractivity contribution in [1.29, 1.82) is 5.26 Å². The summed E-state index contributed by atoms with van der Waals surface area (Å²) in [6.45, 7) is 8.76. The number of aromatic nitrogens is 1. The van der Waals surface area contributed by atoms with Gasteiger partial charge in [-0.2, -0.15) is 5.26 Å². The standard InChI is InChI=1S/C28H30ClN3O2/c1-27(2)15-18(16-28(3,4)32-27)13-24(33)19-10-11-26(22(29)14-19)34-25-9-5-7-20(21(25)17-30)23-8-6-12-31-23/h5-12,14,18,31-32H,13,15-16H2,1-4H3. The van der Waals surface area contributed by atoms with E-state index in [1.54, 1.807) is 24.3 Å². The molecule has 0 spiro atoms. The number of H-pyrrole nitrogens is 1. The van der Waals surface area contributed by atoms with Crippen molar-refractivity contribution < 1.29 is 9.53 Å². The van der Waals surface area contributed by atoms with Crippen molar-refractivity contribution in [2.24, 2.45) is 5.92 Å². The first kappa shape index (κ1) is 24.1. The molecule has 0 atom stereocenters. The van der Waals surface area contributed by atoms with Gasteiger partial charge in [0.15, 0.2) is 5.78 Å². The molecule has 0 unspecified atom stereocenters. The number of hydrogen-bond acceptors (Lipinski definition) is 4. The predicted octanol–water partition coefficient (Wildman–Crippen LogP) is 7.13. The Morgan fingerprint density at radius 3 is 2.44 bits per heavy atom. The van der Waals surface area contributed by atoms with Crippen molar-refractivity contribution in [1.82, 2.24) is 10.3 Å². The number of nitriles is 1. The van der Waals surface area contributed by atoms with Crippen LogP contribution in [-0.2, 0) is 0 Å². The summed E-state index contributed by atoms with van der Waals surface area (Å²) in [5.41, 5.74) is 2.56. The summed E-state index contributed by atoms with van der Waals surface area (Å²) in [7, 11) is 0. The van der Waals surface area contributed by atoms with E-state index < -0.39 is 0 Å². The first-order valence-corrected chi connectivity index (χ1v) is 11.9. The Balaban J connectivity index is 1.52. The van der Waals surface area contributed by atoms with Crippen molar-refractivity contribution >= 4 is 17.4 Å². The van der Waals surface area contributed by atoms with Crippen LogP contribution in [-0.4, -0.2) is 21.8 Å². The summed E-state index contributed by atoms with van der Waals surface area (Å²) in [6, 6.07) is 16.6. The van der Waals surface area contributed by atoms with E-state index in [0.717, 1.165) is 24.1 Å². The summed E-state index contributed by atoms with van der Waals surface area (Å²) in [6.07, 6.45) is 4.20. The highest BCUT2D eigenvalue weighted by Gasteiger charge is 2.38. The molecule has 176 valence electrons. The van der Waals surface area contributed by atoms with E-state index in [1.165, 1.54) is 0 Å². The van der Waals surface area contributed by atoms with E-state index in [9.17, 15) is 10.1 Å². The van der Waals surface area contributed by atoms with Gasteiger partial charge < -0.3 is 15.0 Å². The summed E-state index contributed by atoms with van der Waals surface area (Å²) in [5.74, 6) is 1.21. The number of carbonyl (C=O) groups excluding carboxylic acids is 1. The van der Waals surface area contributed by atoms with Crippen LogP contribution < -0.4 is 10.1 Å². The lowest BCUT2D eigenvalue weighted by molar-refractivity contribution is 0.0864. The van der Waals surface area contributed by atoms with Crippen LogP contribution in [0.5, 0.6) is 11.5 Å². The van der Waals surface area contributed by atoms with Crippen LogP contribution in [0.25, 0.3) is 11.3 Å². The molecule has 5 nitrogen and oxygen atoms in total. The maximum Gasteiger partial charge on any atom is 0.163 e. The fourth-order valence-corrected chi connectivity index (χ4v) is 5.61. The average Bonchev–Trinajstić information content (AvgIpc) is 3.27. The molecule has 1 saturated heterocycles. The molecule has 3 aromatic rings. The van der Waals surface area contributed by atoms with Gasteiger partial charge in [-0.1, -0.05) is 23.7 Å². The zero-order valence-corrected chi connectivity index (χ0v) is 20.8. The predicted molar refractivity (Wildman–Crippen MR) is 135 cm³/mol. The molecule has 2 heterocycles. The van der Waals surface area contributed by atoms with Gasteiger partial charge in [-0.3, -0.25) is 4.79 Å². The fraction of sp³-hybridized carbons (Fsp3) is 0.357. The molecule has 0 radical (unpaired) electrons. The lowest BCUT2D eigenvalue weighted by Gasteiger charge is -2.46. The van der Waals surface area contributed by atoms with Crippen molar-refractivity contribution in [2.75, 3.05) is 0 Å². The molecule has 1 aromatic heterocycles. The summed E-state index contributed by atoms with van der Waals surface area (Å²) < 4.78 is 6.02. The van der Waals surface area contributed by atoms with Crippen molar-refractivity contribution in [2.45, 2.75) is 58.0 Å². The average molecular weight is 476 g/mol. The maximum absolute atomic E-state index is 13.1. The van der Waals surface area contributed by atoms with Crippen LogP contribution in [0, 0.1) is 17.2 Å². The number of carbonyl (C=O) groups is 1. The van der Waals surface area contributed by atoms with Gasteiger partial charge in [0.05, 0.1) is 5.02 Å². The molecule has 2 aromatic carbocycles. The SMILES string of the molecule is CC1(C)CC(CC(=O)c2ccc(Oc3cccc(-c4ccc[nH]4)c3C#N)c(Cl)c2)CC(C)(C)N1. The van der Waals surface area contributed by atoms with Gasteiger partial charge in [-0.15, -0.1) is 0 Å². The molecular weight excluding hydrogens is 446 g/mol. The molecule has 2 N–H and O–H groups in total. The monoisotopic (exact) mass is 475 g/mol. The molecule has 1 aliphatic heterocycles. The maximum atomic E-state index is 13.1. The number of Topliss-reactive ketones (excluding diaryl/α,β-unsaturated/α-hetero) is 1. The molecule has 6 heteroatoms. The quantitative estimate of drug-likeness (QED) is 0.372. The van der Waals surface area contributed by atoms with Crippen LogP contribution in [0.15, 0.2) is 54.7 Å². The zero-order valence-electron chi connectivity index (χ0n) is 20.0. The molecule has 4 rings (SSSR count). The second kappa shape index (κ2) is 9.29. The van der Waals surface area contributed by atoms with Crippen LogP contribution in [0.2, 0.25) is 5.02 Å². The number of ketones is 1. The van der Waals surface area contributed by atoms with Crippen molar-refractivity contribution in [3.8, 4) is 28.8 Å². The number of rotatable bonds is 6. The van der Waals surface area contributed by atoms with Crippen molar-refractivity contribution in [3.05, 3.63) is 70.9 Å². The number of halogens is 1. The van der Waals surface area contributed by atoms with Gasteiger partial charge in [0.2, 0.25) is 0 Å². The Morgan fingerprint density at radius 2 is 1.82 bits per heavy atom. The van der Waals surface area contributed by atoms with E-state index in [2.05, 4.69) is 44.1 Å². The summed E-state index contributed by atoms with van der Waals surface area (Å²) in [4.78, 5) is 16.2. The van der Waals surface area contributed by atoms with Gasteiger partial charge in [-0.25, -0.2) is 0 Å². The third-order valence-corrected chi connectivity index (χ3v) is 6.54. The lowest BCUT2D eigenvalue weighted by Crippen LogP contribution is -2.57. The van der Waals surface area contributed by atoms with E-state index >= 15 is 0 Å². The van der Waals surface area contributed by atoms with Gasteiger partial charge in [-0.05, 0) is 82.9 Å². The number of piperidine rings is 1. The topological polar surface area (TPSA) is 77.9 Å². The van der Waals surface area contributed by atoms with Crippen molar-refractivity contribution in [3.63, 3.8) is 0 Å². The van der Waals surface area contributed by atoms with Crippen LogP contribution >= 0.6 is 11.6 Å². The number of nitrogens with zero attached hydrogens (tertiary/aromatic N) is 1. The first-order valence-electron chi connectivity index (χ1n) is 11.5. The van der Waals surface area contributed by atoms with Gasteiger partial charge in [0.25, 0.3) is 0 Å². The second-order valence-corrected chi connectivity index (χ2v) is 10.8. The highest BCUT2D eigenvalue weighted by Crippen LogP contribution is 2.37. The molecule has 0 aliphatic carbocycles. The Morgan fingerprint density at radius 1 is 1.09 bits per heavy atom. The molecule has 0 saturated carbocycles. The molecule has 34 heavy (non-hydrogen) atoms. The number of hydrogen-bond donors (Lipinski definition) is 2. The van der Waals surface area contributed by atoms with E-state index in [-0.39, 0.29) is 16.9 Å². The van der Waals surface area contributed by atoms with Gasteiger partial charge in [0.1, 0.15) is 23.1 Å². The Bertz CT molecular complexity index is 1220. The lowest BCUT2D eigenvalue weighted by atomic mass is 9.74. The van der Waals surface area contributed by atoms with Gasteiger partial charge in [0, 0.05) is 40.5 Å². The molecule has 0 amide bonds. The summed E-state index contributed by atoms with van der Waals surface area (Å²) in [5, 5.41) is 13.8. The van der Waals surface area contributed by atoms with Gasteiger partial charge >= 0.3 is 0 Å². The summed E-state index contributed by atoms with van der Waals surface area (Å²) >= 11 is 6.52. The van der Waals surface area contributed by atoms with Crippen LogP contribution in [0.4, 0.5) is 0 Å². The number of aromatic amines is 1. The minimum atomic E-state index is -0.00481. The molecule has 1 aliphatic rings. The van der Waals surface area contributed by atoms with E-state index in [1.807, 2.05) is 30.5 Å². The molecular formula is C28H30ClN3O2. The van der Waals surface area contributed by atoms with Crippen LogP contribution in [0.1, 0.15) is 62.9 Å². The second-order valence-electron chi connectivity index (χ2n) is 10.4. The third-order valence-electron chi connectivity index (χ3n) is 6.25. The Hall–Kier alpha value is -3.07. The van der Waals surface area contributed by atoms with Crippen LogP contribution in [0.3, 0.4) is 0 Å². The Labute approximate surface area is 206 Å². The highest BCUT2D eigenvalue weighted by atomic mass is 35.5. The zero-order chi connectivity index (χ0) is 24.5. The highest BCUT2D eigenvalue weighted by molar-refractivity contribution is 6.32. The Kier molecular flexibility index (Phi) is 6.58. The number of ether oxygens (including phenoxy) is 1. The first-order chi connectivity index (χ1) is 16.1. The smallest absolute Gasteiger partial charge is 0.163 e. The van der Waals surface area contributed by atoms with E-state index in [0.29, 0.717) is 40.0 Å². The normalized spacial score (nSPS) is 17.2. The molecule has 1 fully saturated rings.